The highest BCUT2D eigenvalue weighted by molar-refractivity contribution is 5.22. The standard InChI is InChI=1S/C7H11N3O/c1-8-3-6-7(11-2)4-9-5-10-6/h4-5,8H,3H2,1-2H3. The van der Waals surface area contributed by atoms with Crippen LogP contribution in [0, 0.1) is 0 Å². The molecule has 1 aromatic heterocycles. The minimum absolute atomic E-state index is 0.700. The number of nitrogens with zero attached hydrogens (tertiary/aromatic N) is 2. The molecule has 1 rings (SSSR count). The Morgan fingerprint density at radius 1 is 1.64 bits per heavy atom. The van der Waals surface area contributed by atoms with Crippen LogP contribution in [0.3, 0.4) is 0 Å². The fraction of sp³-hybridized carbons (Fsp3) is 0.429. The number of nitrogens with one attached hydrogen (secondary N) is 1. The van der Waals surface area contributed by atoms with Gasteiger partial charge in [-0.15, -0.1) is 0 Å². The van der Waals surface area contributed by atoms with Crippen molar-refractivity contribution in [3.8, 4) is 5.75 Å². The highest BCUT2D eigenvalue weighted by Gasteiger charge is 2.00. The molecular weight excluding hydrogens is 142 g/mol. The third-order valence-electron chi connectivity index (χ3n) is 1.32. The number of hydrogen-bond donors (Lipinski definition) is 1. The molecule has 0 radical (unpaired) electrons. The second-order valence-electron chi connectivity index (χ2n) is 2.07. The molecule has 1 aromatic rings. The molecule has 0 saturated heterocycles. The molecule has 0 fully saturated rings. The predicted octanol–water partition coefficient (Wildman–Crippen LogP) is 0.205. The monoisotopic (exact) mass is 153 g/mol. The summed E-state index contributed by atoms with van der Waals surface area (Å²) >= 11 is 0. The van der Waals surface area contributed by atoms with E-state index in [9.17, 15) is 0 Å². The molecule has 4 heteroatoms. The van der Waals surface area contributed by atoms with Gasteiger partial charge in [0.15, 0.2) is 5.75 Å². The molecule has 0 saturated carbocycles. The Morgan fingerprint density at radius 2 is 2.45 bits per heavy atom. The van der Waals surface area contributed by atoms with E-state index in [1.165, 1.54) is 6.33 Å². The summed E-state index contributed by atoms with van der Waals surface area (Å²) in [5.41, 5.74) is 0.880. The molecule has 0 aliphatic carbocycles. The average Bonchev–Trinajstić information content (AvgIpc) is 2.06. The Labute approximate surface area is 65.6 Å². The molecular formula is C7H11N3O. The first-order valence-electron chi connectivity index (χ1n) is 3.36. The van der Waals surface area contributed by atoms with Crippen molar-refractivity contribution in [2.75, 3.05) is 14.2 Å². The quantitative estimate of drug-likeness (QED) is 0.674. The molecule has 1 N–H and O–H groups in total. The van der Waals surface area contributed by atoms with Crippen LogP contribution in [0.2, 0.25) is 0 Å². The Kier molecular flexibility index (Phi) is 2.80. The van der Waals surface area contributed by atoms with Crippen molar-refractivity contribution >= 4 is 0 Å². The lowest BCUT2D eigenvalue weighted by molar-refractivity contribution is 0.403. The molecule has 0 spiro atoms. The summed E-state index contributed by atoms with van der Waals surface area (Å²) in [6.07, 6.45) is 3.16. The normalized spacial score (nSPS) is 9.64. The van der Waals surface area contributed by atoms with Crippen molar-refractivity contribution < 1.29 is 4.74 Å². The lowest BCUT2D eigenvalue weighted by atomic mass is 10.4. The number of methoxy groups -OCH3 is 1. The van der Waals surface area contributed by atoms with Crippen LogP contribution in [0.15, 0.2) is 12.5 Å². The van der Waals surface area contributed by atoms with Crippen LogP contribution in [0.5, 0.6) is 5.75 Å². The number of hydrogen-bond acceptors (Lipinski definition) is 4. The topological polar surface area (TPSA) is 47.0 Å². The van der Waals surface area contributed by atoms with Gasteiger partial charge in [0.25, 0.3) is 0 Å². The summed E-state index contributed by atoms with van der Waals surface area (Å²) in [6.45, 7) is 0.700. The van der Waals surface area contributed by atoms with Crippen molar-refractivity contribution in [1.29, 1.82) is 0 Å². The smallest absolute Gasteiger partial charge is 0.159 e. The van der Waals surface area contributed by atoms with E-state index in [-0.39, 0.29) is 0 Å². The molecule has 60 valence electrons. The van der Waals surface area contributed by atoms with Crippen LogP contribution in [-0.2, 0) is 6.54 Å². The summed E-state index contributed by atoms with van der Waals surface area (Å²) < 4.78 is 5.03. The summed E-state index contributed by atoms with van der Waals surface area (Å²) in [4.78, 5) is 7.88. The zero-order valence-electron chi connectivity index (χ0n) is 6.66. The molecule has 0 bridgehead atoms. The van der Waals surface area contributed by atoms with E-state index < -0.39 is 0 Å². The summed E-state index contributed by atoms with van der Waals surface area (Å²) in [5.74, 6) is 0.724. The van der Waals surface area contributed by atoms with Gasteiger partial charge in [-0.3, -0.25) is 0 Å². The van der Waals surface area contributed by atoms with E-state index in [4.69, 9.17) is 4.74 Å². The summed E-state index contributed by atoms with van der Waals surface area (Å²) in [5, 5.41) is 2.99. The SMILES string of the molecule is CNCc1ncncc1OC. The first-order chi connectivity index (χ1) is 5.38. The van der Waals surface area contributed by atoms with Crippen molar-refractivity contribution in [1.82, 2.24) is 15.3 Å². The van der Waals surface area contributed by atoms with Crippen LogP contribution >= 0.6 is 0 Å². The van der Waals surface area contributed by atoms with Crippen LogP contribution in [0.4, 0.5) is 0 Å². The van der Waals surface area contributed by atoms with E-state index in [1.54, 1.807) is 13.3 Å². The molecule has 0 aromatic carbocycles. The van der Waals surface area contributed by atoms with E-state index in [0.29, 0.717) is 6.54 Å². The van der Waals surface area contributed by atoms with Crippen LogP contribution < -0.4 is 10.1 Å². The van der Waals surface area contributed by atoms with E-state index in [1.807, 2.05) is 7.05 Å². The lowest BCUT2D eigenvalue weighted by Gasteiger charge is -2.04. The molecule has 0 aliphatic rings. The maximum Gasteiger partial charge on any atom is 0.159 e. The molecule has 1 heterocycles. The Bertz CT molecular complexity index is 227. The highest BCUT2D eigenvalue weighted by atomic mass is 16.5. The fourth-order valence-electron chi connectivity index (χ4n) is 0.813. The lowest BCUT2D eigenvalue weighted by Crippen LogP contribution is -2.08. The molecule has 0 atom stereocenters. The maximum atomic E-state index is 5.03. The average molecular weight is 153 g/mol. The zero-order chi connectivity index (χ0) is 8.10. The van der Waals surface area contributed by atoms with Crippen LogP contribution in [0.1, 0.15) is 5.69 Å². The van der Waals surface area contributed by atoms with Gasteiger partial charge in [0.2, 0.25) is 0 Å². The van der Waals surface area contributed by atoms with Gasteiger partial charge in [0.1, 0.15) is 6.33 Å². The highest BCUT2D eigenvalue weighted by Crippen LogP contribution is 2.11. The van der Waals surface area contributed by atoms with Gasteiger partial charge >= 0.3 is 0 Å². The minimum Gasteiger partial charge on any atom is -0.493 e. The number of ether oxygens (including phenoxy) is 1. The third-order valence-corrected chi connectivity index (χ3v) is 1.32. The fourth-order valence-corrected chi connectivity index (χ4v) is 0.813. The second kappa shape index (κ2) is 3.88. The molecule has 0 amide bonds. The minimum atomic E-state index is 0.700. The maximum absolute atomic E-state index is 5.03. The summed E-state index contributed by atoms with van der Waals surface area (Å²) in [6, 6.07) is 0. The van der Waals surface area contributed by atoms with Gasteiger partial charge in [-0.05, 0) is 7.05 Å². The van der Waals surface area contributed by atoms with Crippen molar-refractivity contribution in [2.24, 2.45) is 0 Å². The van der Waals surface area contributed by atoms with Gasteiger partial charge in [-0.25, -0.2) is 9.97 Å². The Morgan fingerprint density at radius 3 is 3.09 bits per heavy atom. The first kappa shape index (κ1) is 7.94. The van der Waals surface area contributed by atoms with Gasteiger partial charge in [-0.1, -0.05) is 0 Å². The zero-order valence-corrected chi connectivity index (χ0v) is 6.66. The van der Waals surface area contributed by atoms with Crippen molar-refractivity contribution in [3.05, 3.63) is 18.2 Å². The van der Waals surface area contributed by atoms with Crippen molar-refractivity contribution in [3.63, 3.8) is 0 Å². The van der Waals surface area contributed by atoms with E-state index in [2.05, 4.69) is 15.3 Å². The molecule has 0 unspecified atom stereocenters. The number of aromatic nitrogens is 2. The van der Waals surface area contributed by atoms with E-state index in [0.717, 1.165) is 11.4 Å². The van der Waals surface area contributed by atoms with Crippen LogP contribution in [0.25, 0.3) is 0 Å². The van der Waals surface area contributed by atoms with Gasteiger partial charge in [-0.2, -0.15) is 0 Å². The van der Waals surface area contributed by atoms with E-state index >= 15 is 0 Å². The van der Waals surface area contributed by atoms with Crippen LogP contribution in [-0.4, -0.2) is 24.1 Å². The largest absolute Gasteiger partial charge is 0.493 e. The van der Waals surface area contributed by atoms with Gasteiger partial charge in [0, 0.05) is 6.54 Å². The van der Waals surface area contributed by atoms with Gasteiger partial charge in [0.05, 0.1) is 19.0 Å². The van der Waals surface area contributed by atoms with Crippen molar-refractivity contribution in [2.45, 2.75) is 6.54 Å². The summed E-state index contributed by atoms with van der Waals surface area (Å²) in [7, 11) is 3.47. The molecule has 11 heavy (non-hydrogen) atoms. The first-order valence-corrected chi connectivity index (χ1v) is 3.36. The third kappa shape index (κ3) is 1.88. The predicted molar refractivity (Wildman–Crippen MR) is 41.3 cm³/mol. The number of rotatable bonds is 3. The van der Waals surface area contributed by atoms with Gasteiger partial charge < -0.3 is 10.1 Å². The Hall–Kier alpha value is -1.16. The Balaban J connectivity index is 2.83. The molecule has 0 aliphatic heterocycles. The molecule has 4 nitrogen and oxygen atoms in total. The second-order valence-corrected chi connectivity index (χ2v) is 2.07.